The highest BCUT2D eigenvalue weighted by atomic mass is 16.2. The smallest absolute Gasteiger partial charge is 0.274 e. The maximum absolute atomic E-state index is 12.7. The maximum atomic E-state index is 12.7. The molecule has 1 aromatic rings. The largest absolute Gasteiger partial charge is 0.385 e. The van der Waals surface area contributed by atoms with Crippen molar-refractivity contribution in [2.24, 2.45) is 5.92 Å². The Morgan fingerprint density at radius 3 is 2.70 bits per heavy atom. The Bertz CT molecular complexity index is 483. The third-order valence-corrected chi connectivity index (χ3v) is 3.64. The summed E-state index contributed by atoms with van der Waals surface area (Å²) in [6, 6.07) is 0. The molecule has 0 aromatic carbocycles. The molecule has 0 spiro atoms. The number of carbonyl (C=O) groups is 1. The predicted molar refractivity (Wildman–Crippen MR) is 80.0 cm³/mol. The Labute approximate surface area is 120 Å². The number of nitrogens with one attached hydrogen (secondary N) is 1. The topological polar surface area (TPSA) is 58.1 Å². The number of carbonyl (C=O) groups excluding carboxylic acids is 1. The zero-order valence-corrected chi connectivity index (χ0v) is 12.8. The predicted octanol–water partition coefficient (Wildman–Crippen LogP) is 2.51. The van der Waals surface area contributed by atoms with E-state index in [1.807, 2.05) is 25.7 Å². The Kier molecular flexibility index (Phi) is 4.57. The number of anilines is 1. The van der Waals surface area contributed by atoms with Crippen LogP contribution in [0.25, 0.3) is 0 Å². The fourth-order valence-corrected chi connectivity index (χ4v) is 2.14. The van der Waals surface area contributed by atoms with Gasteiger partial charge in [-0.15, -0.1) is 0 Å². The SMILES string of the molecule is CCN(CC1CC1)C(=O)c1nc(C(C)C)ncc1NC. The van der Waals surface area contributed by atoms with E-state index in [-0.39, 0.29) is 11.8 Å². The van der Waals surface area contributed by atoms with E-state index in [0.29, 0.717) is 17.3 Å². The second kappa shape index (κ2) is 6.20. The Hall–Kier alpha value is -1.65. The van der Waals surface area contributed by atoms with Crippen molar-refractivity contribution in [2.45, 2.75) is 39.5 Å². The zero-order chi connectivity index (χ0) is 14.7. The van der Waals surface area contributed by atoms with E-state index in [0.717, 1.165) is 18.9 Å². The fraction of sp³-hybridized carbons (Fsp3) is 0.667. The number of aromatic nitrogens is 2. The lowest BCUT2D eigenvalue weighted by molar-refractivity contribution is 0.0751. The number of hydrogen-bond donors (Lipinski definition) is 1. The summed E-state index contributed by atoms with van der Waals surface area (Å²) in [6.07, 6.45) is 4.19. The highest BCUT2D eigenvalue weighted by molar-refractivity contribution is 5.97. The van der Waals surface area contributed by atoms with Crippen LogP contribution in [-0.4, -0.2) is 40.9 Å². The van der Waals surface area contributed by atoms with Crippen LogP contribution < -0.4 is 5.32 Å². The summed E-state index contributed by atoms with van der Waals surface area (Å²) in [5.41, 5.74) is 1.20. The van der Waals surface area contributed by atoms with Gasteiger partial charge in [-0.1, -0.05) is 13.8 Å². The van der Waals surface area contributed by atoms with Gasteiger partial charge in [0.25, 0.3) is 5.91 Å². The van der Waals surface area contributed by atoms with Crippen LogP contribution in [0.2, 0.25) is 0 Å². The summed E-state index contributed by atoms with van der Waals surface area (Å²) >= 11 is 0. The minimum atomic E-state index is 0.00745. The van der Waals surface area contributed by atoms with Crippen molar-refractivity contribution in [1.29, 1.82) is 0 Å². The molecule has 1 fully saturated rings. The fourth-order valence-electron chi connectivity index (χ4n) is 2.14. The summed E-state index contributed by atoms with van der Waals surface area (Å²) < 4.78 is 0. The molecule has 110 valence electrons. The van der Waals surface area contributed by atoms with Crippen molar-refractivity contribution in [3.8, 4) is 0 Å². The molecule has 0 radical (unpaired) electrons. The molecule has 1 heterocycles. The molecule has 0 bridgehead atoms. The van der Waals surface area contributed by atoms with Crippen LogP contribution in [-0.2, 0) is 0 Å². The first kappa shape index (κ1) is 14.8. The number of hydrogen-bond acceptors (Lipinski definition) is 4. The maximum Gasteiger partial charge on any atom is 0.274 e. The molecule has 1 aromatic heterocycles. The van der Waals surface area contributed by atoms with Gasteiger partial charge in [0, 0.05) is 26.1 Å². The first-order chi connectivity index (χ1) is 9.56. The van der Waals surface area contributed by atoms with Crippen LogP contribution in [0, 0.1) is 5.92 Å². The number of rotatable bonds is 6. The van der Waals surface area contributed by atoms with Crippen molar-refractivity contribution in [3.05, 3.63) is 17.7 Å². The van der Waals surface area contributed by atoms with E-state index in [4.69, 9.17) is 0 Å². The van der Waals surface area contributed by atoms with Crippen molar-refractivity contribution in [1.82, 2.24) is 14.9 Å². The van der Waals surface area contributed by atoms with Crippen molar-refractivity contribution in [3.63, 3.8) is 0 Å². The molecule has 1 saturated carbocycles. The molecule has 1 aliphatic carbocycles. The zero-order valence-electron chi connectivity index (χ0n) is 12.8. The normalized spacial score (nSPS) is 14.4. The van der Waals surface area contributed by atoms with Gasteiger partial charge in [0.1, 0.15) is 5.82 Å². The monoisotopic (exact) mass is 276 g/mol. The molecule has 0 saturated heterocycles. The quantitative estimate of drug-likeness (QED) is 0.867. The summed E-state index contributed by atoms with van der Waals surface area (Å²) in [4.78, 5) is 23.4. The Morgan fingerprint density at radius 1 is 1.50 bits per heavy atom. The minimum Gasteiger partial charge on any atom is -0.385 e. The van der Waals surface area contributed by atoms with Gasteiger partial charge in [-0.05, 0) is 25.7 Å². The molecule has 0 atom stereocenters. The van der Waals surface area contributed by atoms with Crippen molar-refractivity contribution in [2.75, 3.05) is 25.5 Å². The van der Waals surface area contributed by atoms with E-state index < -0.39 is 0 Å². The molecule has 20 heavy (non-hydrogen) atoms. The second-order valence-corrected chi connectivity index (χ2v) is 5.68. The first-order valence-electron chi connectivity index (χ1n) is 7.40. The first-order valence-corrected chi connectivity index (χ1v) is 7.40. The van der Waals surface area contributed by atoms with Crippen LogP contribution in [0.1, 0.15) is 55.8 Å². The lowest BCUT2D eigenvalue weighted by atomic mass is 10.2. The van der Waals surface area contributed by atoms with Gasteiger partial charge < -0.3 is 10.2 Å². The van der Waals surface area contributed by atoms with Gasteiger partial charge in [0.2, 0.25) is 0 Å². The van der Waals surface area contributed by atoms with Crippen LogP contribution in [0.15, 0.2) is 6.20 Å². The van der Waals surface area contributed by atoms with E-state index in [9.17, 15) is 4.79 Å². The van der Waals surface area contributed by atoms with Crippen LogP contribution >= 0.6 is 0 Å². The minimum absolute atomic E-state index is 0.00745. The number of amides is 1. The summed E-state index contributed by atoms with van der Waals surface area (Å²) in [7, 11) is 1.79. The molecular formula is C15H24N4O. The average molecular weight is 276 g/mol. The molecule has 1 N–H and O–H groups in total. The van der Waals surface area contributed by atoms with Crippen LogP contribution in [0.5, 0.6) is 0 Å². The van der Waals surface area contributed by atoms with Gasteiger partial charge >= 0.3 is 0 Å². The molecule has 2 rings (SSSR count). The Balaban J connectivity index is 2.27. The lowest BCUT2D eigenvalue weighted by Crippen LogP contribution is -2.34. The molecule has 5 heteroatoms. The summed E-state index contributed by atoms with van der Waals surface area (Å²) in [5, 5.41) is 3.02. The summed E-state index contributed by atoms with van der Waals surface area (Å²) in [5.74, 6) is 1.62. The third kappa shape index (κ3) is 3.26. The van der Waals surface area contributed by atoms with Crippen molar-refractivity contribution < 1.29 is 4.79 Å². The highest BCUT2D eigenvalue weighted by Crippen LogP contribution is 2.30. The van der Waals surface area contributed by atoms with E-state index in [2.05, 4.69) is 15.3 Å². The standard InChI is InChI=1S/C15H24N4O/c1-5-19(9-11-6-7-11)15(20)13-12(16-4)8-17-14(18-13)10(2)3/h8,10-11,16H,5-7,9H2,1-4H3. The third-order valence-electron chi connectivity index (χ3n) is 3.64. The van der Waals surface area contributed by atoms with Gasteiger partial charge in [-0.3, -0.25) is 4.79 Å². The average Bonchev–Trinajstić information content (AvgIpc) is 3.27. The molecular weight excluding hydrogens is 252 g/mol. The van der Waals surface area contributed by atoms with Crippen LogP contribution in [0.4, 0.5) is 5.69 Å². The van der Waals surface area contributed by atoms with Crippen LogP contribution in [0.3, 0.4) is 0 Å². The lowest BCUT2D eigenvalue weighted by Gasteiger charge is -2.22. The molecule has 1 amide bonds. The molecule has 0 unspecified atom stereocenters. The molecule has 5 nitrogen and oxygen atoms in total. The van der Waals surface area contributed by atoms with Gasteiger partial charge in [0.05, 0.1) is 11.9 Å². The van der Waals surface area contributed by atoms with Gasteiger partial charge in [0.15, 0.2) is 5.69 Å². The van der Waals surface area contributed by atoms with Gasteiger partial charge in [-0.2, -0.15) is 0 Å². The number of nitrogens with zero attached hydrogens (tertiary/aromatic N) is 3. The molecule has 1 aliphatic rings. The van der Waals surface area contributed by atoms with E-state index >= 15 is 0 Å². The Morgan fingerprint density at radius 2 is 2.20 bits per heavy atom. The second-order valence-electron chi connectivity index (χ2n) is 5.68. The highest BCUT2D eigenvalue weighted by Gasteiger charge is 2.28. The van der Waals surface area contributed by atoms with Gasteiger partial charge in [-0.25, -0.2) is 9.97 Å². The van der Waals surface area contributed by atoms with E-state index in [1.165, 1.54) is 12.8 Å². The summed E-state index contributed by atoms with van der Waals surface area (Å²) in [6.45, 7) is 7.65. The molecule has 0 aliphatic heterocycles. The van der Waals surface area contributed by atoms with E-state index in [1.54, 1.807) is 13.2 Å². The van der Waals surface area contributed by atoms with Crippen molar-refractivity contribution >= 4 is 11.6 Å².